The number of rotatable bonds is 8. The zero-order valence-electron chi connectivity index (χ0n) is 10.8. The molecule has 1 aliphatic rings. The largest absolute Gasteiger partial charge is 0.380 e. The van der Waals surface area contributed by atoms with Gasteiger partial charge in [-0.1, -0.05) is 20.3 Å². The Labute approximate surface area is 105 Å². The van der Waals surface area contributed by atoms with E-state index >= 15 is 0 Å². The Morgan fingerprint density at radius 1 is 1.31 bits per heavy atom. The lowest BCUT2D eigenvalue weighted by molar-refractivity contribution is 0.125. The van der Waals surface area contributed by atoms with Crippen molar-refractivity contribution in [1.29, 1.82) is 0 Å². The molecule has 0 spiro atoms. The second-order valence-corrected chi connectivity index (χ2v) is 6.40. The lowest BCUT2D eigenvalue weighted by atomic mass is 10.1. The molecule has 0 aromatic carbocycles. The minimum atomic E-state index is 0.756. The van der Waals surface area contributed by atoms with Crippen LogP contribution in [-0.2, 0) is 4.74 Å². The van der Waals surface area contributed by atoms with Crippen molar-refractivity contribution in [2.45, 2.75) is 44.8 Å². The third-order valence-corrected chi connectivity index (χ3v) is 4.31. The highest BCUT2D eigenvalue weighted by atomic mass is 32.2. The predicted octanol–water partition coefficient (Wildman–Crippen LogP) is 2.92. The quantitative estimate of drug-likeness (QED) is 0.664. The molecule has 0 aliphatic carbocycles. The second-order valence-electron chi connectivity index (χ2n) is 4.99. The van der Waals surface area contributed by atoms with Crippen molar-refractivity contribution in [3.05, 3.63) is 0 Å². The van der Waals surface area contributed by atoms with Crippen molar-refractivity contribution >= 4 is 11.8 Å². The molecule has 0 saturated carbocycles. The van der Waals surface area contributed by atoms with Crippen LogP contribution in [0.1, 0.15) is 39.5 Å². The van der Waals surface area contributed by atoms with Gasteiger partial charge in [-0.3, -0.25) is 0 Å². The van der Waals surface area contributed by atoms with Gasteiger partial charge in [0.1, 0.15) is 0 Å². The van der Waals surface area contributed by atoms with Crippen molar-refractivity contribution < 1.29 is 4.74 Å². The molecule has 1 atom stereocenters. The van der Waals surface area contributed by atoms with Crippen LogP contribution >= 0.6 is 11.8 Å². The molecule has 96 valence electrons. The Bertz CT molecular complexity index is 158. The molecule has 2 nitrogen and oxygen atoms in total. The zero-order chi connectivity index (χ0) is 11.6. The average molecular weight is 245 g/mol. The first-order valence-electron chi connectivity index (χ1n) is 6.69. The van der Waals surface area contributed by atoms with Gasteiger partial charge in [0, 0.05) is 24.9 Å². The zero-order valence-corrected chi connectivity index (χ0v) is 11.7. The normalized spacial score (nSPS) is 21.6. The average Bonchev–Trinajstić information content (AvgIpc) is 2.29. The molecule has 1 aliphatic heterocycles. The smallest absolute Gasteiger partial charge is 0.0590 e. The van der Waals surface area contributed by atoms with Crippen LogP contribution in [0.25, 0.3) is 0 Å². The lowest BCUT2D eigenvalue weighted by Crippen LogP contribution is -2.29. The van der Waals surface area contributed by atoms with Crippen molar-refractivity contribution in [2.75, 3.05) is 32.1 Å². The monoisotopic (exact) mass is 245 g/mol. The van der Waals surface area contributed by atoms with E-state index in [0.717, 1.165) is 37.5 Å². The summed E-state index contributed by atoms with van der Waals surface area (Å²) in [4.78, 5) is 0. The summed E-state index contributed by atoms with van der Waals surface area (Å²) in [6.45, 7) is 8.43. The van der Waals surface area contributed by atoms with Crippen LogP contribution in [0.15, 0.2) is 0 Å². The Kier molecular flexibility index (Phi) is 8.34. The Morgan fingerprint density at radius 3 is 2.88 bits per heavy atom. The van der Waals surface area contributed by atoms with E-state index in [1.807, 2.05) is 0 Å². The first kappa shape index (κ1) is 14.3. The second kappa shape index (κ2) is 9.32. The van der Waals surface area contributed by atoms with Gasteiger partial charge in [-0.05, 0) is 30.9 Å². The van der Waals surface area contributed by atoms with Gasteiger partial charge in [0.2, 0.25) is 0 Å². The highest BCUT2D eigenvalue weighted by Gasteiger charge is 2.12. The first-order valence-corrected chi connectivity index (χ1v) is 7.74. The van der Waals surface area contributed by atoms with Gasteiger partial charge < -0.3 is 10.1 Å². The van der Waals surface area contributed by atoms with Gasteiger partial charge in [0.25, 0.3) is 0 Å². The van der Waals surface area contributed by atoms with Gasteiger partial charge in [0.05, 0.1) is 6.61 Å². The molecule has 0 aromatic heterocycles. The summed E-state index contributed by atoms with van der Waals surface area (Å²) in [5.41, 5.74) is 0. The van der Waals surface area contributed by atoms with E-state index in [4.69, 9.17) is 4.74 Å². The molecular weight excluding hydrogens is 218 g/mol. The Hall–Kier alpha value is 0.270. The molecule has 1 N–H and O–H groups in total. The van der Waals surface area contributed by atoms with Crippen LogP contribution in [0.4, 0.5) is 0 Å². The van der Waals surface area contributed by atoms with E-state index in [2.05, 4.69) is 30.9 Å². The maximum absolute atomic E-state index is 5.56. The minimum Gasteiger partial charge on any atom is -0.380 e. The summed E-state index contributed by atoms with van der Waals surface area (Å²) in [6.07, 6.45) is 5.41. The van der Waals surface area contributed by atoms with Crippen molar-refractivity contribution in [3.8, 4) is 0 Å². The number of thioether (sulfide) groups is 1. The topological polar surface area (TPSA) is 21.3 Å². The highest BCUT2D eigenvalue weighted by molar-refractivity contribution is 7.99. The lowest BCUT2D eigenvalue weighted by Gasteiger charge is -2.21. The van der Waals surface area contributed by atoms with E-state index in [1.54, 1.807) is 0 Å². The van der Waals surface area contributed by atoms with Gasteiger partial charge in [-0.15, -0.1) is 0 Å². The maximum atomic E-state index is 5.56. The van der Waals surface area contributed by atoms with Crippen LogP contribution < -0.4 is 5.32 Å². The van der Waals surface area contributed by atoms with Crippen molar-refractivity contribution in [2.24, 2.45) is 5.92 Å². The summed E-state index contributed by atoms with van der Waals surface area (Å²) in [6, 6.07) is 0. The molecule has 0 radical (unpaired) electrons. The van der Waals surface area contributed by atoms with Crippen LogP contribution in [0.5, 0.6) is 0 Å². The summed E-state index contributed by atoms with van der Waals surface area (Å²) in [7, 11) is 0. The number of nitrogens with one attached hydrogen (secondary N) is 1. The van der Waals surface area contributed by atoms with Crippen LogP contribution in [-0.4, -0.2) is 37.3 Å². The van der Waals surface area contributed by atoms with E-state index in [-0.39, 0.29) is 0 Å². The van der Waals surface area contributed by atoms with Crippen molar-refractivity contribution in [3.63, 3.8) is 0 Å². The van der Waals surface area contributed by atoms with Gasteiger partial charge >= 0.3 is 0 Å². The first-order chi connectivity index (χ1) is 7.79. The standard InChI is InChI=1S/C13H27NOS/c1-12(2)6-8-15-9-7-14-11-13-5-3-4-10-16-13/h12-14H,3-11H2,1-2H3. The van der Waals surface area contributed by atoms with Gasteiger partial charge in [-0.25, -0.2) is 0 Å². The van der Waals surface area contributed by atoms with E-state index in [0.29, 0.717) is 0 Å². The molecule has 1 unspecified atom stereocenters. The summed E-state index contributed by atoms with van der Waals surface area (Å²) in [5.74, 6) is 2.11. The number of hydrogen-bond donors (Lipinski definition) is 1. The summed E-state index contributed by atoms with van der Waals surface area (Å²) < 4.78 is 5.56. The van der Waals surface area contributed by atoms with E-state index in [9.17, 15) is 0 Å². The van der Waals surface area contributed by atoms with Gasteiger partial charge in [-0.2, -0.15) is 11.8 Å². The van der Waals surface area contributed by atoms with E-state index < -0.39 is 0 Å². The summed E-state index contributed by atoms with van der Waals surface area (Å²) >= 11 is 2.13. The molecule has 1 heterocycles. The molecule has 0 amide bonds. The third kappa shape index (κ3) is 7.53. The van der Waals surface area contributed by atoms with Crippen molar-refractivity contribution in [1.82, 2.24) is 5.32 Å². The predicted molar refractivity (Wildman–Crippen MR) is 73.2 cm³/mol. The Morgan fingerprint density at radius 2 is 2.19 bits per heavy atom. The van der Waals surface area contributed by atoms with E-state index in [1.165, 1.54) is 31.4 Å². The molecule has 1 fully saturated rings. The van der Waals surface area contributed by atoms with Crippen LogP contribution in [0.3, 0.4) is 0 Å². The molecular formula is C13H27NOS. The van der Waals surface area contributed by atoms with Crippen LogP contribution in [0, 0.1) is 5.92 Å². The molecule has 0 aromatic rings. The molecule has 16 heavy (non-hydrogen) atoms. The fourth-order valence-corrected chi connectivity index (χ4v) is 3.07. The third-order valence-electron chi connectivity index (χ3n) is 2.91. The summed E-state index contributed by atoms with van der Waals surface area (Å²) in [5, 5.41) is 4.35. The van der Waals surface area contributed by atoms with Crippen LogP contribution in [0.2, 0.25) is 0 Å². The molecule has 0 bridgehead atoms. The van der Waals surface area contributed by atoms with Gasteiger partial charge in [0.15, 0.2) is 0 Å². The molecule has 1 rings (SSSR count). The fraction of sp³-hybridized carbons (Fsp3) is 1.00. The highest BCUT2D eigenvalue weighted by Crippen LogP contribution is 2.24. The molecule has 1 saturated heterocycles. The Balaban J connectivity index is 1.80. The molecule has 3 heteroatoms. The number of ether oxygens (including phenoxy) is 1. The number of hydrogen-bond acceptors (Lipinski definition) is 3. The minimum absolute atomic E-state index is 0.756. The SMILES string of the molecule is CC(C)CCOCCNCC1CCCCS1. The fourth-order valence-electron chi connectivity index (χ4n) is 1.80. The maximum Gasteiger partial charge on any atom is 0.0590 e.